The summed E-state index contributed by atoms with van der Waals surface area (Å²) in [7, 11) is 0. The number of nitrogens with one attached hydrogen (secondary N) is 1. The second-order valence-corrected chi connectivity index (χ2v) is 7.49. The van der Waals surface area contributed by atoms with Gasteiger partial charge in [0.05, 0.1) is 10.3 Å². The summed E-state index contributed by atoms with van der Waals surface area (Å²) in [6.45, 7) is 4.27. The van der Waals surface area contributed by atoms with Crippen molar-refractivity contribution in [1.82, 2.24) is 15.5 Å². The van der Waals surface area contributed by atoms with Crippen LogP contribution in [0.3, 0.4) is 0 Å². The maximum absolute atomic E-state index is 11.8. The summed E-state index contributed by atoms with van der Waals surface area (Å²) in [4.78, 5) is 12.5. The Hall–Kier alpha value is -1.57. The lowest BCUT2D eigenvalue weighted by molar-refractivity contribution is -0.120. The molecular weight excluding hydrogens is 354 g/mol. The molecule has 0 saturated carbocycles. The maximum atomic E-state index is 11.8. The number of halogens is 1. The third-order valence-electron chi connectivity index (χ3n) is 3.13. The molecule has 0 aliphatic carbocycles. The number of thiophene rings is 1. The molecule has 0 fully saturated rings. The van der Waals surface area contributed by atoms with Crippen molar-refractivity contribution in [1.29, 1.82) is 0 Å². The predicted octanol–water partition coefficient (Wildman–Crippen LogP) is 4.22. The predicted molar refractivity (Wildman–Crippen MR) is 94.1 cm³/mol. The average Bonchev–Trinajstić information content (AvgIpc) is 3.13. The van der Waals surface area contributed by atoms with E-state index in [2.05, 4.69) is 15.5 Å². The zero-order valence-electron chi connectivity index (χ0n) is 12.5. The Morgan fingerprint density at radius 1 is 1.43 bits per heavy atom. The van der Waals surface area contributed by atoms with E-state index < -0.39 is 0 Å². The largest absolute Gasteiger partial charge is 0.410 e. The van der Waals surface area contributed by atoms with Gasteiger partial charge in [-0.15, -0.1) is 21.5 Å². The number of hydrogen-bond donors (Lipinski definition) is 1. The van der Waals surface area contributed by atoms with E-state index in [4.69, 9.17) is 16.0 Å². The fourth-order valence-electron chi connectivity index (χ4n) is 2.02. The third kappa shape index (κ3) is 3.36. The minimum atomic E-state index is -0.305. The molecule has 0 saturated heterocycles. The van der Waals surface area contributed by atoms with Crippen LogP contribution in [0.2, 0.25) is 5.02 Å². The molecule has 0 bridgehead atoms. The molecule has 1 atom stereocenters. The normalized spacial score (nSPS) is 12.5. The van der Waals surface area contributed by atoms with Gasteiger partial charge in [0, 0.05) is 16.6 Å². The lowest BCUT2D eigenvalue weighted by atomic mass is 10.2. The molecule has 1 amide bonds. The summed E-state index contributed by atoms with van der Waals surface area (Å²) in [6.07, 6.45) is 0. The van der Waals surface area contributed by atoms with E-state index in [0.29, 0.717) is 22.7 Å². The molecule has 2 aromatic heterocycles. The van der Waals surface area contributed by atoms with Crippen LogP contribution in [-0.2, 0) is 4.79 Å². The SMILES string of the molecule is CCNC(=O)[C@@H](C)Sc1nnc(-c2sc3ccccc3c2Cl)o1. The number of nitrogens with zero attached hydrogens (tertiary/aromatic N) is 2. The molecule has 3 aromatic rings. The van der Waals surface area contributed by atoms with Crippen LogP contribution in [0.15, 0.2) is 33.9 Å². The van der Waals surface area contributed by atoms with Crippen molar-refractivity contribution in [3.63, 3.8) is 0 Å². The minimum Gasteiger partial charge on any atom is -0.410 e. The summed E-state index contributed by atoms with van der Waals surface area (Å²) in [5, 5.41) is 12.5. The van der Waals surface area contributed by atoms with Crippen molar-refractivity contribution >= 4 is 50.7 Å². The van der Waals surface area contributed by atoms with Gasteiger partial charge in [-0.1, -0.05) is 41.6 Å². The molecule has 0 unspecified atom stereocenters. The van der Waals surface area contributed by atoms with Crippen molar-refractivity contribution in [3.8, 4) is 10.8 Å². The van der Waals surface area contributed by atoms with E-state index in [1.165, 1.54) is 23.1 Å². The molecule has 0 aliphatic heterocycles. The van der Waals surface area contributed by atoms with Crippen LogP contribution in [0.25, 0.3) is 20.9 Å². The topological polar surface area (TPSA) is 68.0 Å². The molecule has 0 spiro atoms. The summed E-state index contributed by atoms with van der Waals surface area (Å²) < 4.78 is 6.73. The molecule has 23 heavy (non-hydrogen) atoms. The first-order valence-corrected chi connectivity index (χ1v) is 9.12. The van der Waals surface area contributed by atoms with Crippen molar-refractivity contribution in [2.75, 3.05) is 6.54 Å². The van der Waals surface area contributed by atoms with E-state index in [-0.39, 0.29) is 11.2 Å². The number of aromatic nitrogens is 2. The smallest absolute Gasteiger partial charge is 0.277 e. The van der Waals surface area contributed by atoms with E-state index >= 15 is 0 Å². The van der Waals surface area contributed by atoms with Crippen molar-refractivity contribution in [2.45, 2.75) is 24.3 Å². The van der Waals surface area contributed by atoms with Crippen LogP contribution in [0.4, 0.5) is 0 Å². The average molecular weight is 368 g/mol. The molecular formula is C15H14ClN3O2S2. The van der Waals surface area contributed by atoms with Gasteiger partial charge in [0.1, 0.15) is 4.88 Å². The Morgan fingerprint density at radius 3 is 2.96 bits per heavy atom. The Bertz CT molecular complexity index is 846. The van der Waals surface area contributed by atoms with Gasteiger partial charge in [-0.05, 0) is 19.9 Å². The summed E-state index contributed by atoms with van der Waals surface area (Å²) in [5.41, 5.74) is 0. The molecule has 8 heteroatoms. The quantitative estimate of drug-likeness (QED) is 0.684. The fraction of sp³-hybridized carbons (Fsp3) is 0.267. The lowest BCUT2D eigenvalue weighted by Gasteiger charge is -2.07. The highest BCUT2D eigenvalue weighted by atomic mass is 35.5. The first-order valence-electron chi connectivity index (χ1n) is 7.05. The summed E-state index contributed by atoms with van der Waals surface area (Å²) in [5.74, 6) is 0.318. The van der Waals surface area contributed by atoms with Crippen LogP contribution < -0.4 is 5.32 Å². The van der Waals surface area contributed by atoms with Crippen LogP contribution >= 0.6 is 34.7 Å². The number of amides is 1. The van der Waals surface area contributed by atoms with Crippen molar-refractivity contribution in [3.05, 3.63) is 29.3 Å². The number of fused-ring (bicyclic) bond motifs is 1. The molecule has 0 aliphatic rings. The number of rotatable bonds is 5. The highest BCUT2D eigenvalue weighted by molar-refractivity contribution is 8.00. The Kier molecular flexibility index (Phi) is 4.89. The van der Waals surface area contributed by atoms with E-state index in [0.717, 1.165) is 15.0 Å². The van der Waals surface area contributed by atoms with Crippen molar-refractivity contribution in [2.24, 2.45) is 0 Å². The first kappa shape index (κ1) is 16.3. The van der Waals surface area contributed by atoms with Crippen LogP contribution in [0.5, 0.6) is 0 Å². The minimum absolute atomic E-state index is 0.0582. The second-order valence-electron chi connectivity index (χ2n) is 4.77. The number of thioether (sulfide) groups is 1. The molecule has 1 aromatic carbocycles. The van der Waals surface area contributed by atoms with E-state index in [9.17, 15) is 4.79 Å². The number of carbonyl (C=O) groups is 1. The van der Waals surface area contributed by atoms with E-state index in [1.54, 1.807) is 6.92 Å². The monoisotopic (exact) mass is 367 g/mol. The molecule has 3 rings (SSSR count). The number of carbonyl (C=O) groups excluding carboxylic acids is 1. The molecule has 0 radical (unpaired) electrons. The Balaban J connectivity index is 1.83. The lowest BCUT2D eigenvalue weighted by Crippen LogP contribution is -2.30. The van der Waals surface area contributed by atoms with Gasteiger partial charge >= 0.3 is 0 Å². The number of hydrogen-bond acceptors (Lipinski definition) is 6. The zero-order valence-corrected chi connectivity index (χ0v) is 14.9. The zero-order chi connectivity index (χ0) is 16.4. The molecule has 1 N–H and O–H groups in total. The van der Waals surface area contributed by atoms with Gasteiger partial charge in [-0.2, -0.15) is 0 Å². The fourth-order valence-corrected chi connectivity index (χ4v) is 4.16. The van der Waals surface area contributed by atoms with Crippen molar-refractivity contribution < 1.29 is 9.21 Å². The van der Waals surface area contributed by atoms with Gasteiger partial charge < -0.3 is 9.73 Å². The van der Waals surface area contributed by atoms with Gasteiger partial charge in [-0.25, -0.2) is 0 Å². The summed E-state index contributed by atoms with van der Waals surface area (Å²) >= 11 is 9.15. The van der Waals surface area contributed by atoms with Crippen LogP contribution in [0.1, 0.15) is 13.8 Å². The Morgan fingerprint density at radius 2 is 2.22 bits per heavy atom. The number of benzene rings is 1. The second kappa shape index (κ2) is 6.90. The van der Waals surface area contributed by atoms with Gasteiger partial charge in [0.15, 0.2) is 0 Å². The molecule has 5 nitrogen and oxygen atoms in total. The van der Waals surface area contributed by atoms with Crippen LogP contribution in [-0.4, -0.2) is 27.9 Å². The van der Waals surface area contributed by atoms with Gasteiger partial charge in [-0.3, -0.25) is 4.79 Å². The highest BCUT2D eigenvalue weighted by Gasteiger charge is 2.21. The molecule has 2 heterocycles. The highest BCUT2D eigenvalue weighted by Crippen LogP contribution is 2.41. The summed E-state index contributed by atoms with van der Waals surface area (Å²) in [6, 6.07) is 7.86. The Labute approximate surface area is 146 Å². The third-order valence-corrected chi connectivity index (χ3v) is 5.73. The van der Waals surface area contributed by atoms with Gasteiger partial charge in [0.2, 0.25) is 5.91 Å². The standard InChI is InChI=1S/C15H14ClN3O2S2/c1-3-17-13(20)8(2)22-15-19-18-14(21-15)12-11(16)9-6-4-5-7-10(9)23-12/h4-8H,3H2,1-2H3,(H,17,20)/t8-/m1/s1. The van der Waals surface area contributed by atoms with E-state index in [1.807, 2.05) is 31.2 Å². The van der Waals surface area contributed by atoms with Gasteiger partial charge in [0.25, 0.3) is 11.1 Å². The first-order chi connectivity index (χ1) is 11.1. The maximum Gasteiger partial charge on any atom is 0.277 e. The van der Waals surface area contributed by atoms with Crippen LogP contribution in [0, 0.1) is 0 Å². The molecule has 120 valence electrons.